The minimum Gasteiger partial charge on any atom is -0.444 e. The summed E-state index contributed by atoms with van der Waals surface area (Å²) in [5, 5.41) is 2.65. The molecule has 1 aromatic heterocycles. The monoisotopic (exact) mass is 521 g/mol. The maximum Gasteiger partial charge on any atom is 0.410 e. The number of amides is 2. The summed E-state index contributed by atoms with van der Waals surface area (Å²) >= 11 is 6.35. The van der Waals surface area contributed by atoms with E-state index in [1.807, 2.05) is 55.9 Å². The van der Waals surface area contributed by atoms with Crippen molar-refractivity contribution in [3.05, 3.63) is 59.3 Å². The number of hydrogen-bond donors (Lipinski definition) is 1. The van der Waals surface area contributed by atoms with E-state index in [2.05, 4.69) is 39.5 Å². The second-order valence-electron chi connectivity index (χ2n) is 9.69. The van der Waals surface area contributed by atoms with Crippen LogP contribution in [0.15, 0.2) is 53.7 Å². The zero-order valence-corrected chi connectivity index (χ0v) is 22.0. The number of thioether (sulfide) groups is 1. The number of thiocarbonyl (C=S) groups is 1. The number of rotatable bonds is 3. The second kappa shape index (κ2) is 9.59. The molecule has 0 atom stereocenters. The van der Waals surface area contributed by atoms with Gasteiger partial charge in [0.1, 0.15) is 16.2 Å². The molecule has 5 rings (SSSR count). The van der Waals surface area contributed by atoms with E-state index in [1.165, 1.54) is 11.8 Å². The van der Waals surface area contributed by atoms with Crippen LogP contribution in [0, 0.1) is 0 Å². The molecule has 2 amide bonds. The van der Waals surface area contributed by atoms with Crippen LogP contribution in [0.25, 0.3) is 22.8 Å². The van der Waals surface area contributed by atoms with Crippen LogP contribution in [-0.2, 0) is 9.53 Å². The summed E-state index contributed by atoms with van der Waals surface area (Å²) in [4.78, 5) is 33.5. The Morgan fingerprint density at radius 1 is 1.08 bits per heavy atom. The molecular formula is C26H27N5O3S2. The van der Waals surface area contributed by atoms with E-state index >= 15 is 0 Å². The lowest BCUT2D eigenvalue weighted by atomic mass is 10.1. The first kappa shape index (κ1) is 24.3. The number of imidazole rings is 1. The van der Waals surface area contributed by atoms with E-state index in [-0.39, 0.29) is 12.0 Å². The summed E-state index contributed by atoms with van der Waals surface area (Å²) < 4.78 is 8.01. The average molecular weight is 522 g/mol. The Morgan fingerprint density at radius 3 is 2.42 bits per heavy atom. The molecule has 3 aromatic rings. The van der Waals surface area contributed by atoms with Crippen LogP contribution >= 0.6 is 24.0 Å². The summed E-state index contributed by atoms with van der Waals surface area (Å²) in [6.07, 6.45) is 3.40. The number of aromatic nitrogens is 2. The molecule has 0 saturated carbocycles. The van der Waals surface area contributed by atoms with Crippen molar-refractivity contribution >= 4 is 63.1 Å². The van der Waals surface area contributed by atoms with Crippen molar-refractivity contribution in [2.75, 3.05) is 31.1 Å². The minimum absolute atomic E-state index is 0.166. The van der Waals surface area contributed by atoms with E-state index < -0.39 is 5.60 Å². The second-order valence-corrected chi connectivity index (χ2v) is 11.4. The number of benzene rings is 2. The van der Waals surface area contributed by atoms with Crippen LogP contribution in [0.2, 0.25) is 0 Å². The van der Waals surface area contributed by atoms with Crippen molar-refractivity contribution < 1.29 is 14.3 Å². The molecule has 2 fully saturated rings. The number of carbonyl (C=O) groups is 2. The number of fused-ring (bicyclic) bond motifs is 1. The predicted octanol–water partition coefficient (Wildman–Crippen LogP) is 4.57. The van der Waals surface area contributed by atoms with Crippen LogP contribution in [0.3, 0.4) is 0 Å². The fourth-order valence-corrected chi connectivity index (χ4v) is 5.23. The van der Waals surface area contributed by atoms with Gasteiger partial charge in [0.2, 0.25) is 0 Å². The molecule has 0 bridgehead atoms. The normalized spacial score (nSPS) is 17.7. The van der Waals surface area contributed by atoms with Crippen molar-refractivity contribution in [1.29, 1.82) is 0 Å². The number of ether oxygens (including phenoxy) is 1. The summed E-state index contributed by atoms with van der Waals surface area (Å²) in [6, 6.07) is 14.2. The van der Waals surface area contributed by atoms with Crippen LogP contribution in [-0.4, -0.2) is 62.6 Å². The van der Waals surface area contributed by atoms with Crippen molar-refractivity contribution in [2.45, 2.75) is 26.4 Å². The summed E-state index contributed by atoms with van der Waals surface area (Å²) in [6.45, 7) is 8.40. The van der Waals surface area contributed by atoms with Crippen LogP contribution in [0.4, 0.5) is 10.5 Å². The van der Waals surface area contributed by atoms with Gasteiger partial charge < -0.3 is 19.9 Å². The van der Waals surface area contributed by atoms with Gasteiger partial charge in [-0.25, -0.2) is 9.78 Å². The van der Waals surface area contributed by atoms with Crippen LogP contribution in [0.5, 0.6) is 0 Å². The highest BCUT2D eigenvalue weighted by Crippen LogP contribution is 2.28. The lowest BCUT2D eigenvalue weighted by Gasteiger charge is -2.36. The fourth-order valence-electron chi connectivity index (χ4n) is 4.19. The van der Waals surface area contributed by atoms with Gasteiger partial charge >= 0.3 is 6.09 Å². The van der Waals surface area contributed by atoms with Crippen LogP contribution in [0.1, 0.15) is 26.3 Å². The summed E-state index contributed by atoms with van der Waals surface area (Å²) in [5.74, 6) is -0.166. The molecule has 0 spiro atoms. The van der Waals surface area contributed by atoms with E-state index in [0.717, 1.165) is 41.1 Å². The highest BCUT2D eigenvalue weighted by molar-refractivity contribution is 8.26. The molecule has 3 heterocycles. The standard InChI is InChI=1S/C26H27N5O3S2/c1-26(2,3)34-25(33)30-12-10-29(11-13-30)18-5-7-19(8-6-18)31-16-27-20-9-4-17(14-21(20)31)15-22-23(32)28-24(35)36-22/h4-9,14-16H,10-13H2,1-3H3,(H,28,32,35)/b22-15-. The van der Waals surface area contributed by atoms with Crippen molar-refractivity contribution in [1.82, 2.24) is 19.8 Å². The molecule has 2 aliphatic rings. The Kier molecular flexibility index (Phi) is 6.48. The summed E-state index contributed by atoms with van der Waals surface area (Å²) in [7, 11) is 0. The van der Waals surface area contributed by atoms with Crippen molar-refractivity contribution in [3.8, 4) is 5.69 Å². The van der Waals surface area contributed by atoms with Gasteiger partial charge in [0.05, 0.1) is 15.9 Å². The van der Waals surface area contributed by atoms with Gasteiger partial charge in [-0.2, -0.15) is 0 Å². The average Bonchev–Trinajstić information content (AvgIpc) is 3.40. The van der Waals surface area contributed by atoms with Gasteiger partial charge in [0, 0.05) is 37.6 Å². The number of nitrogens with zero attached hydrogens (tertiary/aromatic N) is 4. The molecule has 36 heavy (non-hydrogen) atoms. The Labute approximate surface area is 219 Å². The Bertz CT molecular complexity index is 1370. The molecule has 0 radical (unpaired) electrons. The molecule has 10 heteroatoms. The van der Waals surface area contributed by atoms with E-state index in [9.17, 15) is 9.59 Å². The van der Waals surface area contributed by atoms with Crippen molar-refractivity contribution in [2.24, 2.45) is 0 Å². The minimum atomic E-state index is -0.489. The van der Waals surface area contributed by atoms with Gasteiger partial charge in [-0.15, -0.1) is 0 Å². The molecule has 2 aromatic carbocycles. The molecule has 1 N–H and O–H groups in total. The zero-order chi connectivity index (χ0) is 25.4. The van der Waals surface area contributed by atoms with Crippen molar-refractivity contribution in [3.63, 3.8) is 0 Å². The molecule has 8 nitrogen and oxygen atoms in total. The largest absolute Gasteiger partial charge is 0.444 e. The molecule has 2 saturated heterocycles. The maximum atomic E-state index is 12.3. The molecule has 0 aliphatic carbocycles. The smallest absolute Gasteiger partial charge is 0.410 e. The van der Waals surface area contributed by atoms with Gasteiger partial charge in [0.15, 0.2) is 0 Å². The molecule has 186 valence electrons. The number of nitrogens with one attached hydrogen (secondary N) is 1. The third-order valence-corrected chi connectivity index (χ3v) is 7.10. The van der Waals surface area contributed by atoms with E-state index in [4.69, 9.17) is 17.0 Å². The lowest BCUT2D eigenvalue weighted by molar-refractivity contribution is -0.115. The quantitative estimate of drug-likeness (QED) is 0.400. The number of piperazine rings is 1. The topological polar surface area (TPSA) is 79.7 Å². The van der Waals surface area contributed by atoms with Crippen LogP contribution < -0.4 is 10.2 Å². The van der Waals surface area contributed by atoms with E-state index in [0.29, 0.717) is 22.3 Å². The highest BCUT2D eigenvalue weighted by Gasteiger charge is 2.26. The SMILES string of the molecule is CC(C)(C)OC(=O)N1CCN(c2ccc(-n3cnc4ccc(/C=C5\SC(=S)NC5=O)cc43)cc2)CC1. The number of carbonyl (C=O) groups excluding carboxylic acids is 2. The predicted molar refractivity (Wildman–Crippen MR) is 147 cm³/mol. The molecule has 0 unspecified atom stereocenters. The highest BCUT2D eigenvalue weighted by atomic mass is 32.2. The number of anilines is 1. The first-order chi connectivity index (χ1) is 17.2. The third kappa shape index (κ3) is 5.24. The van der Waals surface area contributed by atoms with E-state index in [1.54, 1.807) is 4.90 Å². The number of hydrogen-bond acceptors (Lipinski definition) is 7. The Morgan fingerprint density at radius 2 is 1.78 bits per heavy atom. The van der Waals surface area contributed by atoms with Gasteiger partial charge in [-0.05, 0) is 68.8 Å². The summed E-state index contributed by atoms with van der Waals surface area (Å²) in [5.41, 5.74) is 4.35. The third-order valence-electron chi connectivity index (χ3n) is 5.94. The van der Waals surface area contributed by atoms with Gasteiger partial charge in [0.25, 0.3) is 5.91 Å². The molecule has 2 aliphatic heterocycles. The Balaban J connectivity index is 1.30. The van der Waals surface area contributed by atoms with Gasteiger partial charge in [-0.1, -0.05) is 30.0 Å². The maximum absolute atomic E-state index is 12.3. The zero-order valence-electron chi connectivity index (χ0n) is 20.4. The first-order valence-electron chi connectivity index (χ1n) is 11.7. The Hall–Kier alpha value is -3.37. The fraction of sp³-hybridized carbons (Fsp3) is 0.308. The lowest BCUT2D eigenvalue weighted by Crippen LogP contribution is -2.50. The molecular weight excluding hydrogens is 494 g/mol. The first-order valence-corrected chi connectivity index (χ1v) is 12.9. The van der Waals surface area contributed by atoms with Gasteiger partial charge in [-0.3, -0.25) is 9.36 Å².